The van der Waals surface area contributed by atoms with Crippen LogP contribution >= 0.6 is 0 Å². The standard InChI is InChI=1S/C23H36O6/c1-2-3-4-5-7-10-13-16-20(25)17-14-11-8-6-9-12-15-18-22(27)29-23(28)21(26)19-24/h6,8-9,11-12,14-15,18,20-21,24-26H,2-5,7,10,13,16-17,19H2,1H3. The molecule has 3 N–H and O–H groups in total. The van der Waals surface area contributed by atoms with E-state index in [2.05, 4.69) is 11.7 Å². The average molecular weight is 409 g/mol. The number of ether oxygens (including phenoxy) is 1. The molecule has 0 radical (unpaired) electrons. The Kier molecular flexibility index (Phi) is 18.0. The minimum absolute atomic E-state index is 0.299. The molecule has 6 heteroatoms. The molecule has 0 aliphatic rings. The molecular formula is C23H36O6. The first-order valence-electron chi connectivity index (χ1n) is 10.4. The van der Waals surface area contributed by atoms with Crippen LogP contribution < -0.4 is 0 Å². The molecule has 0 spiro atoms. The summed E-state index contributed by atoms with van der Waals surface area (Å²) >= 11 is 0. The molecule has 0 aliphatic carbocycles. The summed E-state index contributed by atoms with van der Waals surface area (Å²) in [6, 6.07) is 0. The summed E-state index contributed by atoms with van der Waals surface area (Å²) in [5, 5.41) is 27.4. The Hall–Kier alpha value is -2.02. The fourth-order valence-corrected chi connectivity index (χ4v) is 2.44. The number of aliphatic hydroxyl groups is 3. The molecule has 0 aromatic carbocycles. The van der Waals surface area contributed by atoms with E-state index < -0.39 is 24.6 Å². The zero-order chi connectivity index (χ0) is 21.7. The van der Waals surface area contributed by atoms with Gasteiger partial charge in [0.05, 0.1) is 12.7 Å². The SMILES string of the molecule is CCCCCCCCCC(O)CC=CC=CC=CC=CC(=O)OC(=O)C(O)CO. The lowest BCUT2D eigenvalue weighted by molar-refractivity contribution is -0.164. The van der Waals surface area contributed by atoms with E-state index in [-0.39, 0.29) is 6.10 Å². The van der Waals surface area contributed by atoms with E-state index >= 15 is 0 Å². The van der Waals surface area contributed by atoms with Crippen molar-refractivity contribution < 1.29 is 29.6 Å². The van der Waals surface area contributed by atoms with Gasteiger partial charge in [0, 0.05) is 6.08 Å². The average Bonchev–Trinajstić information content (AvgIpc) is 2.71. The van der Waals surface area contributed by atoms with Crippen LogP contribution in [0.2, 0.25) is 0 Å². The lowest BCUT2D eigenvalue weighted by Gasteiger charge is -2.07. The third-order valence-electron chi connectivity index (χ3n) is 4.12. The maximum atomic E-state index is 11.3. The number of carbonyl (C=O) groups is 2. The van der Waals surface area contributed by atoms with Crippen LogP contribution in [0.4, 0.5) is 0 Å². The number of esters is 2. The van der Waals surface area contributed by atoms with Gasteiger partial charge in [-0.1, -0.05) is 94.4 Å². The first kappa shape index (κ1) is 27.0. The van der Waals surface area contributed by atoms with Crippen molar-refractivity contribution in [1.29, 1.82) is 0 Å². The van der Waals surface area contributed by atoms with Crippen LogP contribution in [0.5, 0.6) is 0 Å². The zero-order valence-corrected chi connectivity index (χ0v) is 17.4. The van der Waals surface area contributed by atoms with Crippen molar-refractivity contribution in [2.75, 3.05) is 6.61 Å². The quantitative estimate of drug-likeness (QED) is 0.119. The second kappa shape index (κ2) is 19.3. The molecular weight excluding hydrogens is 372 g/mol. The van der Waals surface area contributed by atoms with Crippen molar-refractivity contribution in [3.05, 3.63) is 48.6 Å². The summed E-state index contributed by atoms with van der Waals surface area (Å²) in [7, 11) is 0. The maximum absolute atomic E-state index is 11.3. The number of carbonyl (C=O) groups excluding carboxylic acids is 2. The number of rotatable bonds is 16. The van der Waals surface area contributed by atoms with Crippen LogP contribution in [0.3, 0.4) is 0 Å². The van der Waals surface area contributed by atoms with Gasteiger partial charge in [-0.2, -0.15) is 0 Å². The number of hydrogen-bond donors (Lipinski definition) is 3. The zero-order valence-electron chi connectivity index (χ0n) is 17.4. The van der Waals surface area contributed by atoms with Gasteiger partial charge in [0.25, 0.3) is 0 Å². The second-order valence-corrected chi connectivity index (χ2v) is 6.80. The summed E-state index contributed by atoms with van der Waals surface area (Å²) < 4.78 is 4.28. The van der Waals surface area contributed by atoms with Crippen molar-refractivity contribution >= 4 is 11.9 Å². The van der Waals surface area contributed by atoms with Gasteiger partial charge in [0.2, 0.25) is 0 Å². The minimum Gasteiger partial charge on any atom is -0.393 e. The van der Waals surface area contributed by atoms with Crippen molar-refractivity contribution in [2.24, 2.45) is 0 Å². The lowest BCUT2D eigenvalue weighted by atomic mass is 10.0. The van der Waals surface area contributed by atoms with E-state index in [0.717, 1.165) is 18.9 Å². The topological polar surface area (TPSA) is 104 Å². The van der Waals surface area contributed by atoms with Crippen LogP contribution in [0.25, 0.3) is 0 Å². The van der Waals surface area contributed by atoms with Gasteiger partial charge in [0.15, 0.2) is 6.10 Å². The maximum Gasteiger partial charge on any atom is 0.345 e. The summed E-state index contributed by atoms with van der Waals surface area (Å²) in [5.41, 5.74) is 0. The number of allylic oxidation sites excluding steroid dienone is 6. The summed E-state index contributed by atoms with van der Waals surface area (Å²) in [6.07, 6.45) is 21.2. The smallest absolute Gasteiger partial charge is 0.345 e. The van der Waals surface area contributed by atoms with E-state index in [1.807, 2.05) is 18.2 Å². The van der Waals surface area contributed by atoms with Crippen molar-refractivity contribution in [1.82, 2.24) is 0 Å². The fourth-order valence-electron chi connectivity index (χ4n) is 2.44. The third-order valence-corrected chi connectivity index (χ3v) is 4.12. The Balaban J connectivity index is 3.82. The number of hydrogen-bond acceptors (Lipinski definition) is 6. The van der Waals surface area contributed by atoms with E-state index in [1.54, 1.807) is 18.2 Å². The van der Waals surface area contributed by atoms with Gasteiger partial charge in [-0.15, -0.1) is 0 Å². The fraction of sp³-hybridized carbons (Fsp3) is 0.565. The molecule has 2 unspecified atom stereocenters. The van der Waals surface area contributed by atoms with Gasteiger partial charge < -0.3 is 20.1 Å². The molecule has 0 aliphatic heterocycles. The van der Waals surface area contributed by atoms with Crippen LogP contribution in [0.15, 0.2) is 48.6 Å². The van der Waals surface area contributed by atoms with Crippen molar-refractivity contribution in [3.63, 3.8) is 0 Å². The Labute approximate surface area is 174 Å². The predicted molar refractivity (Wildman–Crippen MR) is 114 cm³/mol. The molecule has 29 heavy (non-hydrogen) atoms. The summed E-state index contributed by atoms with van der Waals surface area (Å²) in [4.78, 5) is 22.3. The molecule has 164 valence electrons. The van der Waals surface area contributed by atoms with Crippen molar-refractivity contribution in [3.8, 4) is 0 Å². The second-order valence-electron chi connectivity index (χ2n) is 6.80. The minimum atomic E-state index is -1.72. The van der Waals surface area contributed by atoms with Crippen molar-refractivity contribution in [2.45, 2.75) is 76.9 Å². The molecule has 0 bridgehead atoms. The molecule has 0 aromatic rings. The highest BCUT2D eigenvalue weighted by Crippen LogP contribution is 2.11. The Morgan fingerprint density at radius 1 is 0.862 bits per heavy atom. The largest absolute Gasteiger partial charge is 0.393 e. The molecule has 0 amide bonds. The first-order chi connectivity index (χ1) is 14.0. The molecule has 0 rings (SSSR count). The predicted octanol–water partition coefficient (Wildman–Crippen LogP) is 3.53. The Morgan fingerprint density at radius 3 is 2.10 bits per heavy atom. The van der Waals surface area contributed by atoms with Gasteiger partial charge in [-0.05, 0) is 12.8 Å². The third kappa shape index (κ3) is 17.8. The van der Waals surface area contributed by atoms with Crippen LogP contribution in [0.1, 0.15) is 64.7 Å². The molecule has 0 heterocycles. The monoisotopic (exact) mass is 408 g/mol. The molecule has 2 atom stereocenters. The van der Waals surface area contributed by atoms with Crippen LogP contribution in [-0.4, -0.2) is 46.1 Å². The van der Waals surface area contributed by atoms with Crippen LogP contribution in [0, 0.1) is 0 Å². The number of aliphatic hydroxyl groups excluding tert-OH is 3. The van der Waals surface area contributed by atoms with Crippen LogP contribution in [-0.2, 0) is 14.3 Å². The molecule has 0 saturated carbocycles. The van der Waals surface area contributed by atoms with E-state index in [0.29, 0.717) is 6.42 Å². The molecule has 0 fully saturated rings. The van der Waals surface area contributed by atoms with Gasteiger partial charge in [0.1, 0.15) is 0 Å². The van der Waals surface area contributed by atoms with Gasteiger partial charge >= 0.3 is 11.9 Å². The summed E-state index contributed by atoms with van der Waals surface area (Å²) in [5.74, 6) is -2.11. The number of unbranched alkanes of at least 4 members (excludes halogenated alkanes) is 6. The highest BCUT2D eigenvalue weighted by molar-refractivity contribution is 5.93. The molecule has 0 aromatic heterocycles. The lowest BCUT2D eigenvalue weighted by Crippen LogP contribution is -2.28. The Morgan fingerprint density at radius 2 is 1.45 bits per heavy atom. The van der Waals surface area contributed by atoms with Gasteiger partial charge in [-0.25, -0.2) is 9.59 Å². The highest BCUT2D eigenvalue weighted by Gasteiger charge is 2.17. The van der Waals surface area contributed by atoms with E-state index in [1.165, 1.54) is 44.6 Å². The van der Waals surface area contributed by atoms with Gasteiger partial charge in [-0.3, -0.25) is 0 Å². The van der Waals surface area contributed by atoms with E-state index in [4.69, 9.17) is 10.2 Å². The van der Waals surface area contributed by atoms with E-state index in [9.17, 15) is 14.7 Å². The molecule has 6 nitrogen and oxygen atoms in total. The first-order valence-corrected chi connectivity index (χ1v) is 10.4. The highest BCUT2D eigenvalue weighted by atomic mass is 16.6. The molecule has 0 saturated heterocycles. The normalized spacial score (nSPS) is 14.3. The Bertz CT molecular complexity index is 548. The summed E-state index contributed by atoms with van der Waals surface area (Å²) in [6.45, 7) is 1.41.